The van der Waals surface area contributed by atoms with E-state index in [0.717, 1.165) is 5.56 Å². The van der Waals surface area contributed by atoms with Crippen molar-refractivity contribution >= 4 is 17.3 Å². The number of anilines is 1. The Kier molecular flexibility index (Phi) is 5.14. The van der Waals surface area contributed by atoms with Gasteiger partial charge in [0.25, 0.3) is 11.5 Å². The maximum Gasteiger partial charge on any atom is 0.295 e. The Morgan fingerprint density at radius 3 is 2.70 bits per heavy atom. The minimum absolute atomic E-state index is 0.227. The molecule has 1 aliphatic heterocycles. The topological polar surface area (TPSA) is 86.8 Å². The number of benzene rings is 2. The average Bonchev–Trinajstić information content (AvgIpc) is 3.35. The van der Waals surface area contributed by atoms with Gasteiger partial charge >= 0.3 is 0 Å². The largest absolute Gasteiger partial charge is 0.497 e. The van der Waals surface area contributed by atoms with E-state index in [1.165, 1.54) is 4.68 Å². The van der Waals surface area contributed by atoms with E-state index in [0.29, 0.717) is 29.3 Å². The lowest BCUT2D eigenvalue weighted by Crippen LogP contribution is -2.30. The van der Waals surface area contributed by atoms with Crippen LogP contribution in [0.1, 0.15) is 17.7 Å². The Labute approximate surface area is 173 Å². The van der Waals surface area contributed by atoms with Crippen LogP contribution in [0, 0.1) is 6.92 Å². The van der Waals surface area contributed by atoms with E-state index in [1.54, 1.807) is 25.8 Å². The first-order valence-corrected chi connectivity index (χ1v) is 9.51. The first kappa shape index (κ1) is 19.5. The molecule has 2 aromatic carbocycles. The molecule has 0 spiro atoms. The third kappa shape index (κ3) is 3.47. The van der Waals surface area contributed by atoms with Crippen molar-refractivity contribution in [3.63, 3.8) is 0 Å². The summed E-state index contributed by atoms with van der Waals surface area (Å²) in [5, 5.41) is 6.78. The highest BCUT2D eigenvalue weighted by Crippen LogP contribution is 2.22. The van der Waals surface area contributed by atoms with Crippen LogP contribution in [0.5, 0.6) is 5.75 Å². The van der Waals surface area contributed by atoms with Crippen molar-refractivity contribution in [1.29, 1.82) is 0 Å². The molecule has 30 heavy (non-hydrogen) atoms. The van der Waals surface area contributed by atoms with E-state index >= 15 is 0 Å². The van der Waals surface area contributed by atoms with Crippen LogP contribution in [0.15, 0.2) is 64.5 Å². The van der Waals surface area contributed by atoms with Crippen LogP contribution >= 0.6 is 0 Å². The molecule has 1 aromatic heterocycles. The Morgan fingerprint density at radius 2 is 1.97 bits per heavy atom. The van der Waals surface area contributed by atoms with Gasteiger partial charge in [-0.05, 0) is 31.2 Å². The molecule has 0 radical (unpaired) electrons. The van der Waals surface area contributed by atoms with Crippen LogP contribution in [0.4, 0.5) is 5.69 Å². The van der Waals surface area contributed by atoms with Crippen molar-refractivity contribution in [2.24, 2.45) is 12.2 Å². The Hall–Kier alpha value is -3.81. The summed E-state index contributed by atoms with van der Waals surface area (Å²) in [7, 11) is 3.36. The molecule has 0 bridgehead atoms. The number of para-hydroxylation sites is 1. The van der Waals surface area contributed by atoms with Gasteiger partial charge in [-0.1, -0.05) is 35.5 Å². The highest BCUT2D eigenvalue weighted by Gasteiger charge is 2.30. The summed E-state index contributed by atoms with van der Waals surface area (Å²) in [6.07, 6.45) is -0.506. The molecule has 0 saturated carbocycles. The van der Waals surface area contributed by atoms with Crippen molar-refractivity contribution in [2.75, 3.05) is 12.4 Å². The summed E-state index contributed by atoms with van der Waals surface area (Å²) in [6, 6.07) is 16.7. The molecule has 0 aliphatic carbocycles. The highest BCUT2D eigenvalue weighted by molar-refractivity contribution is 6.06. The minimum Gasteiger partial charge on any atom is -0.497 e. The van der Waals surface area contributed by atoms with Gasteiger partial charge in [-0.3, -0.25) is 14.3 Å². The van der Waals surface area contributed by atoms with Crippen molar-refractivity contribution < 1.29 is 14.4 Å². The highest BCUT2D eigenvalue weighted by atomic mass is 16.6. The van der Waals surface area contributed by atoms with Crippen LogP contribution < -0.4 is 15.6 Å². The van der Waals surface area contributed by atoms with Gasteiger partial charge < -0.3 is 14.9 Å². The number of methoxy groups -OCH3 is 1. The molecule has 0 unspecified atom stereocenters. The van der Waals surface area contributed by atoms with E-state index in [-0.39, 0.29) is 11.2 Å². The Bertz CT molecular complexity index is 1180. The van der Waals surface area contributed by atoms with E-state index in [4.69, 9.17) is 9.57 Å². The summed E-state index contributed by atoms with van der Waals surface area (Å²) in [5.41, 5.74) is 2.76. The molecule has 4 rings (SSSR count). The monoisotopic (exact) mass is 406 g/mol. The average molecular weight is 406 g/mol. The van der Waals surface area contributed by atoms with Gasteiger partial charge in [0.15, 0.2) is 0 Å². The molecule has 0 fully saturated rings. The Morgan fingerprint density at radius 1 is 1.20 bits per heavy atom. The summed E-state index contributed by atoms with van der Waals surface area (Å²) >= 11 is 0. The SMILES string of the molecule is COc1cccc(C2=NO[C@H](C(=O)Nc3c(C)n(C)n(-c4ccccc4)c3=O)C2)c1. The zero-order valence-corrected chi connectivity index (χ0v) is 17.0. The van der Waals surface area contributed by atoms with E-state index in [2.05, 4.69) is 10.5 Å². The lowest BCUT2D eigenvalue weighted by Gasteiger charge is -2.08. The molecular weight excluding hydrogens is 384 g/mol. The van der Waals surface area contributed by atoms with Gasteiger partial charge in [0.1, 0.15) is 11.4 Å². The first-order chi connectivity index (χ1) is 14.5. The standard InChI is InChI=1S/C22H22N4O4/c1-14-20(22(28)26(25(14)2)16-9-5-4-6-10-16)23-21(27)19-13-18(24-30-19)15-8-7-11-17(12-15)29-3/h4-12,19H,13H2,1-3H3,(H,23,27)/t19-/m0/s1. The number of ether oxygens (including phenoxy) is 1. The molecule has 1 amide bonds. The number of oxime groups is 1. The van der Waals surface area contributed by atoms with Crippen molar-refractivity contribution in [2.45, 2.75) is 19.4 Å². The van der Waals surface area contributed by atoms with E-state index in [9.17, 15) is 9.59 Å². The molecule has 8 nitrogen and oxygen atoms in total. The number of aromatic nitrogens is 2. The van der Waals surface area contributed by atoms with Gasteiger partial charge in [-0.2, -0.15) is 0 Å². The molecule has 8 heteroatoms. The van der Waals surface area contributed by atoms with Crippen LogP contribution in [0.3, 0.4) is 0 Å². The van der Waals surface area contributed by atoms with Crippen molar-refractivity contribution in [3.05, 3.63) is 76.2 Å². The van der Waals surface area contributed by atoms with Crippen molar-refractivity contribution in [1.82, 2.24) is 9.36 Å². The second-order valence-electron chi connectivity index (χ2n) is 6.99. The lowest BCUT2D eigenvalue weighted by atomic mass is 10.0. The second-order valence-corrected chi connectivity index (χ2v) is 6.99. The molecule has 3 aromatic rings. The van der Waals surface area contributed by atoms with Gasteiger partial charge in [0.05, 0.1) is 24.2 Å². The lowest BCUT2D eigenvalue weighted by molar-refractivity contribution is -0.125. The van der Waals surface area contributed by atoms with Gasteiger partial charge in [-0.25, -0.2) is 4.68 Å². The maximum atomic E-state index is 13.0. The molecular formula is C22H22N4O4. The number of nitrogens with zero attached hydrogens (tertiary/aromatic N) is 3. The molecule has 1 N–H and O–H groups in total. The normalized spacial score (nSPS) is 15.4. The fraction of sp³-hybridized carbons (Fsp3) is 0.227. The van der Waals surface area contributed by atoms with Crippen LogP contribution in [-0.2, 0) is 16.7 Å². The fourth-order valence-corrected chi connectivity index (χ4v) is 3.41. The predicted octanol–water partition coefficient (Wildman–Crippen LogP) is 2.62. The second kappa shape index (κ2) is 7.90. The molecule has 1 aliphatic rings. The third-order valence-corrected chi connectivity index (χ3v) is 5.17. The predicted molar refractivity (Wildman–Crippen MR) is 113 cm³/mol. The summed E-state index contributed by atoms with van der Waals surface area (Å²) in [4.78, 5) is 31.1. The maximum absolute atomic E-state index is 13.0. The fourth-order valence-electron chi connectivity index (χ4n) is 3.41. The molecule has 2 heterocycles. The minimum atomic E-state index is -0.810. The summed E-state index contributed by atoms with van der Waals surface area (Å²) in [5.74, 6) is 0.284. The van der Waals surface area contributed by atoms with Crippen LogP contribution in [0.25, 0.3) is 5.69 Å². The number of amides is 1. The quantitative estimate of drug-likeness (QED) is 0.706. The zero-order valence-electron chi connectivity index (χ0n) is 17.0. The molecule has 0 saturated heterocycles. The van der Waals surface area contributed by atoms with Gasteiger partial charge in [-0.15, -0.1) is 0 Å². The Balaban J connectivity index is 1.52. The number of hydrogen-bond acceptors (Lipinski definition) is 5. The van der Waals surface area contributed by atoms with Crippen LogP contribution in [-0.4, -0.2) is 34.2 Å². The van der Waals surface area contributed by atoms with Crippen LogP contribution in [0.2, 0.25) is 0 Å². The number of carbonyl (C=O) groups excluding carboxylic acids is 1. The third-order valence-electron chi connectivity index (χ3n) is 5.17. The zero-order chi connectivity index (χ0) is 21.3. The number of nitrogens with one attached hydrogen (secondary N) is 1. The molecule has 1 atom stereocenters. The van der Waals surface area contributed by atoms with Crippen molar-refractivity contribution in [3.8, 4) is 11.4 Å². The van der Waals surface area contributed by atoms with E-state index in [1.807, 2.05) is 54.6 Å². The van der Waals surface area contributed by atoms with Gasteiger partial charge in [0.2, 0.25) is 6.10 Å². The van der Waals surface area contributed by atoms with E-state index < -0.39 is 12.0 Å². The number of hydrogen-bond donors (Lipinski definition) is 1. The molecule has 154 valence electrons. The van der Waals surface area contributed by atoms with Gasteiger partial charge in [0, 0.05) is 19.0 Å². The number of rotatable bonds is 5. The summed E-state index contributed by atoms with van der Waals surface area (Å²) < 4.78 is 8.45. The first-order valence-electron chi connectivity index (χ1n) is 9.51. The smallest absolute Gasteiger partial charge is 0.295 e. The number of carbonyl (C=O) groups is 1. The summed E-state index contributed by atoms with van der Waals surface area (Å²) in [6.45, 7) is 1.78.